The minimum Gasteiger partial charge on any atom is -0.497 e. The molecule has 0 aliphatic carbocycles. The Balaban J connectivity index is 1.76. The lowest BCUT2D eigenvalue weighted by atomic mass is 10.0. The van der Waals surface area contributed by atoms with E-state index in [1.54, 1.807) is 7.11 Å². The van der Waals surface area contributed by atoms with Crippen LogP contribution in [0.15, 0.2) is 78.9 Å². The van der Waals surface area contributed by atoms with Gasteiger partial charge in [0.2, 0.25) is 5.91 Å². The first-order chi connectivity index (χ1) is 13.2. The summed E-state index contributed by atoms with van der Waals surface area (Å²) in [6.07, 6.45) is 0. The Hall–Kier alpha value is -3.11. The number of aryl methyl sites for hydroxylation is 1. The van der Waals surface area contributed by atoms with E-state index < -0.39 is 6.04 Å². The van der Waals surface area contributed by atoms with Crippen LogP contribution in [-0.4, -0.2) is 13.0 Å². The van der Waals surface area contributed by atoms with Gasteiger partial charge >= 0.3 is 0 Å². The summed E-state index contributed by atoms with van der Waals surface area (Å²) in [5.41, 5.74) is 4.04. The van der Waals surface area contributed by atoms with Gasteiger partial charge in [0.25, 0.3) is 0 Å². The molecule has 3 rings (SSSR count). The number of rotatable bonds is 7. The first-order valence-corrected chi connectivity index (χ1v) is 8.95. The molecule has 1 amide bonds. The van der Waals surface area contributed by atoms with E-state index >= 15 is 0 Å². The van der Waals surface area contributed by atoms with Gasteiger partial charge in [-0.2, -0.15) is 0 Å². The molecule has 0 aromatic heterocycles. The van der Waals surface area contributed by atoms with Gasteiger partial charge in [-0.15, -0.1) is 0 Å². The zero-order valence-electron chi connectivity index (χ0n) is 15.6. The van der Waals surface area contributed by atoms with Gasteiger partial charge in [-0.3, -0.25) is 10.1 Å². The molecule has 1 unspecified atom stereocenters. The molecular formula is C23H24N2O2. The van der Waals surface area contributed by atoms with Gasteiger partial charge in [0.15, 0.2) is 0 Å². The molecule has 0 saturated carbocycles. The fourth-order valence-electron chi connectivity index (χ4n) is 2.92. The summed E-state index contributed by atoms with van der Waals surface area (Å²) in [5.74, 6) is 0.658. The number of hydrogen-bond donors (Lipinski definition) is 2. The van der Waals surface area contributed by atoms with Crippen LogP contribution in [0.4, 0.5) is 5.69 Å². The highest BCUT2D eigenvalue weighted by Gasteiger charge is 2.20. The Morgan fingerprint density at radius 1 is 0.926 bits per heavy atom. The van der Waals surface area contributed by atoms with Crippen molar-refractivity contribution in [3.63, 3.8) is 0 Å². The van der Waals surface area contributed by atoms with Crippen LogP contribution in [0.1, 0.15) is 22.7 Å². The van der Waals surface area contributed by atoms with Crippen LogP contribution in [0, 0.1) is 6.92 Å². The van der Waals surface area contributed by atoms with E-state index in [1.165, 1.54) is 11.1 Å². The number of benzene rings is 3. The van der Waals surface area contributed by atoms with Gasteiger partial charge in [0.1, 0.15) is 11.8 Å². The molecule has 4 heteroatoms. The summed E-state index contributed by atoms with van der Waals surface area (Å²) in [6, 6.07) is 24.8. The molecule has 2 N–H and O–H groups in total. The predicted molar refractivity (Wildman–Crippen MR) is 109 cm³/mol. The predicted octanol–water partition coefficient (Wildman–Crippen LogP) is 4.47. The second kappa shape index (κ2) is 9.01. The van der Waals surface area contributed by atoms with Gasteiger partial charge in [0.05, 0.1) is 7.11 Å². The first kappa shape index (κ1) is 18.7. The van der Waals surface area contributed by atoms with Gasteiger partial charge in [0, 0.05) is 12.2 Å². The van der Waals surface area contributed by atoms with Crippen molar-refractivity contribution in [3.8, 4) is 5.75 Å². The molecule has 138 valence electrons. The number of nitrogens with one attached hydrogen (secondary N) is 2. The molecule has 3 aromatic carbocycles. The highest BCUT2D eigenvalue weighted by Crippen LogP contribution is 2.19. The van der Waals surface area contributed by atoms with E-state index in [2.05, 4.69) is 29.7 Å². The van der Waals surface area contributed by atoms with E-state index in [4.69, 9.17) is 4.74 Å². The summed E-state index contributed by atoms with van der Waals surface area (Å²) < 4.78 is 5.16. The normalized spacial score (nSPS) is 11.6. The van der Waals surface area contributed by atoms with E-state index in [1.807, 2.05) is 66.7 Å². The number of amides is 1. The lowest BCUT2D eigenvalue weighted by molar-refractivity contribution is -0.118. The molecule has 3 aromatic rings. The zero-order chi connectivity index (χ0) is 19.1. The molecule has 0 aliphatic heterocycles. The average Bonchev–Trinajstić information content (AvgIpc) is 2.71. The SMILES string of the molecule is COc1ccc(NC(=O)C(NCc2ccccc2C)c2ccccc2)cc1. The van der Waals surface area contributed by atoms with Crippen molar-refractivity contribution in [3.05, 3.63) is 95.6 Å². The summed E-state index contributed by atoms with van der Waals surface area (Å²) >= 11 is 0. The number of methoxy groups -OCH3 is 1. The lowest BCUT2D eigenvalue weighted by Gasteiger charge is -2.20. The van der Waals surface area contributed by atoms with Crippen LogP contribution in [-0.2, 0) is 11.3 Å². The Kier molecular flexibility index (Phi) is 6.23. The highest BCUT2D eigenvalue weighted by molar-refractivity contribution is 5.95. The lowest BCUT2D eigenvalue weighted by Crippen LogP contribution is -2.32. The van der Waals surface area contributed by atoms with Crippen LogP contribution in [0.5, 0.6) is 5.75 Å². The minimum atomic E-state index is -0.451. The van der Waals surface area contributed by atoms with Crippen molar-refractivity contribution in [1.82, 2.24) is 5.32 Å². The highest BCUT2D eigenvalue weighted by atomic mass is 16.5. The summed E-state index contributed by atoms with van der Waals surface area (Å²) in [4.78, 5) is 13.0. The third-order valence-electron chi connectivity index (χ3n) is 4.51. The molecule has 0 radical (unpaired) electrons. The smallest absolute Gasteiger partial charge is 0.246 e. The Morgan fingerprint density at radius 2 is 1.59 bits per heavy atom. The largest absolute Gasteiger partial charge is 0.497 e. The quantitative estimate of drug-likeness (QED) is 0.653. The number of carbonyl (C=O) groups is 1. The monoisotopic (exact) mass is 360 g/mol. The molecule has 0 spiro atoms. The zero-order valence-corrected chi connectivity index (χ0v) is 15.6. The summed E-state index contributed by atoms with van der Waals surface area (Å²) in [5, 5.41) is 6.38. The molecule has 0 fully saturated rings. The average molecular weight is 360 g/mol. The van der Waals surface area contributed by atoms with Crippen LogP contribution < -0.4 is 15.4 Å². The molecule has 1 atom stereocenters. The maximum Gasteiger partial charge on any atom is 0.246 e. The fourth-order valence-corrected chi connectivity index (χ4v) is 2.92. The minimum absolute atomic E-state index is 0.0973. The molecule has 4 nitrogen and oxygen atoms in total. The molecule has 0 heterocycles. The van der Waals surface area contributed by atoms with Crippen molar-refractivity contribution in [1.29, 1.82) is 0 Å². The second-order valence-corrected chi connectivity index (χ2v) is 6.37. The Bertz CT molecular complexity index is 876. The number of anilines is 1. The standard InChI is InChI=1S/C23H24N2O2/c1-17-8-6-7-11-19(17)16-24-22(18-9-4-3-5-10-18)23(26)25-20-12-14-21(27-2)15-13-20/h3-15,22,24H,16H2,1-2H3,(H,25,26). The van der Waals surface area contributed by atoms with Crippen LogP contribution >= 0.6 is 0 Å². The van der Waals surface area contributed by atoms with E-state index in [-0.39, 0.29) is 5.91 Å². The van der Waals surface area contributed by atoms with Crippen molar-refractivity contribution >= 4 is 11.6 Å². The van der Waals surface area contributed by atoms with Crippen LogP contribution in [0.3, 0.4) is 0 Å². The molecule has 0 aliphatic rings. The fraction of sp³-hybridized carbons (Fsp3) is 0.174. The maximum atomic E-state index is 13.0. The van der Waals surface area contributed by atoms with Crippen molar-refractivity contribution in [2.24, 2.45) is 0 Å². The number of ether oxygens (including phenoxy) is 1. The molecule has 27 heavy (non-hydrogen) atoms. The maximum absolute atomic E-state index is 13.0. The molecule has 0 bridgehead atoms. The second-order valence-electron chi connectivity index (χ2n) is 6.37. The van der Waals surface area contributed by atoms with Crippen molar-refractivity contribution < 1.29 is 9.53 Å². The topological polar surface area (TPSA) is 50.4 Å². The van der Waals surface area contributed by atoms with E-state index in [0.717, 1.165) is 17.0 Å². The van der Waals surface area contributed by atoms with Crippen LogP contribution in [0.2, 0.25) is 0 Å². The van der Waals surface area contributed by atoms with Gasteiger partial charge in [-0.1, -0.05) is 54.6 Å². The molecule has 0 saturated heterocycles. The third kappa shape index (κ3) is 4.96. The number of carbonyl (C=O) groups excluding carboxylic acids is 1. The van der Waals surface area contributed by atoms with Crippen molar-refractivity contribution in [2.75, 3.05) is 12.4 Å². The van der Waals surface area contributed by atoms with Crippen LogP contribution in [0.25, 0.3) is 0 Å². The van der Waals surface area contributed by atoms with E-state index in [9.17, 15) is 4.79 Å². The molecular weight excluding hydrogens is 336 g/mol. The number of hydrogen-bond acceptors (Lipinski definition) is 3. The third-order valence-corrected chi connectivity index (χ3v) is 4.51. The van der Waals surface area contributed by atoms with Gasteiger partial charge < -0.3 is 10.1 Å². The van der Waals surface area contributed by atoms with Gasteiger partial charge in [-0.25, -0.2) is 0 Å². The Labute approximate surface area is 160 Å². The van der Waals surface area contributed by atoms with E-state index in [0.29, 0.717) is 6.54 Å². The summed E-state index contributed by atoms with van der Waals surface area (Å²) in [7, 11) is 1.62. The van der Waals surface area contributed by atoms with Crippen molar-refractivity contribution in [2.45, 2.75) is 19.5 Å². The van der Waals surface area contributed by atoms with Gasteiger partial charge in [-0.05, 0) is 47.9 Å². The Morgan fingerprint density at radius 3 is 2.26 bits per heavy atom. The summed E-state index contributed by atoms with van der Waals surface area (Å²) in [6.45, 7) is 2.69. The first-order valence-electron chi connectivity index (χ1n) is 8.95.